The van der Waals surface area contributed by atoms with Crippen LogP contribution >= 0.6 is 0 Å². The third kappa shape index (κ3) is 3.30. The Morgan fingerprint density at radius 2 is 2.10 bits per heavy atom. The van der Waals surface area contributed by atoms with Crippen LogP contribution in [0.1, 0.15) is 55.1 Å². The number of anilines is 1. The Balaban J connectivity index is 2.21. The number of rotatable bonds is 5. The van der Waals surface area contributed by atoms with Crippen molar-refractivity contribution in [3.8, 4) is 0 Å². The van der Waals surface area contributed by atoms with Crippen molar-refractivity contribution in [1.82, 2.24) is 9.88 Å². The van der Waals surface area contributed by atoms with Crippen LogP contribution in [-0.4, -0.2) is 35.9 Å². The minimum Gasteiger partial charge on any atom is -0.373 e. The lowest BCUT2D eigenvalue weighted by atomic mass is 10.1. The topological polar surface area (TPSA) is 45.2 Å². The number of hydrogen-bond acceptors (Lipinski definition) is 3. The van der Waals surface area contributed by atoms with Crippen LogP contribution in [0.15, 0.2) is 12.1 Å². The molecule has 0 aliphatic heterocycles. The van der Waals surface area contributed by atoms with Crippen LogP contribution in [0.5, 0.6) is 0 Å². The van der Waals surface area contributed by atoms with Gasteiger partial charge in [-0.2, -0.15) is 0 Å². The summed E-state index contributed by atoms with van der Waals surface area (Å²) in [6.45, 7) is 2.12. The Labute approximate surface area is 121 Å². The Morgan fingerprint density at radius 3 is 2.70 bits per heavy atom. The molecule has 2 rings (SSSR count). The second-order valence-corrected chi connectivity index (χ2v) is 5.59. The maximum atomic E-state index is 12.6. The summed E-state index contributed by atoms with van der Waals surface area (Å²) in [7, 11) is 3.77. The maximum absolute atomic E-state index is 12.6. The summed E-state index contributed by atoms with van der Waals surface area (Å²) in [5, 5.41) is 3.05. The number of carbonyl (C=O) groups is 1. The Hall–Kier alpha value is -1.58. The minimum absolute atomic E-state index is 0.119. The lowest BCUT2D eigenvalue weighted by Crippen LogP contribution is -2.35. The molecular weight excluding hydrogens is 250 g/mol. The average Bonchev–Trinajstić information content (AvgIpc) is 2.99. The van der Waals surface area contributed by atoms with Gasteiger partial charge in [-0.05, 0) is 31.4 Å². The van der Waals surface area contributed by atoms with Gasteiger partial charge in [0, 0.05) is 31.4 Å². The molecule has 1 saturated carbocycles. The van der Waals surface area contributed by atoms with E-state index in [0.717, 1.165) is 42.8 Å². The fourth-order valence-electron chi connectivity index (χ4n) is 2.88. The summed E-state index contributed by atoms with van der Waals surface area (Å²) in [4.78, 5) is 19.0. The molecule has 1 amide bonds. The molecule has 1 heterocycles. The van der Waals surface area contributed by atoms with Crippen LogP contribution in [-0.2, 0) is 6.42 Å². The lowest BCUT2D eigenvalue weighted by Gasteiger charge is -2.24. The zero-order valence-corrected chi connectivity index (χ0v) is 12.8. The molecule has 4 heteroatoms. The summed E-state index contributed by atoms with van der Waals surface area (Å²) in [6, 6.07) is 4.20. The van der Waals surface area contributed by atoms with Gasteiger partial charge in [0.05, 0.1) is 0 Å². The van der Waals surface area contributed by atoms with E-state index < -0.39 is 0 Å². The maximum Gasteiger partial charge on any atom is 0.254 e. The van der Waals surface area contributed by atoms with Crippen LogP contribution in [0.2, 0.25) is 0 Å². The van der Waals surface area contributed by atoms with E-state index in [0.29, 0.717) is 6.04 Å². The van der Waals surface area contributed by atoms with E-state index in [2.05, 4.69) is 17.2 Å². The molecule has 110 valence electrons. The predicted octanol–water partition coefficient (Wildman–Crippen LogP) is 3.09. The van der Waals surface area contributed by atoms with Gasteiger partial charge in [-0.1, -0.05) is 26.2 Å². The zero-order chi connectivity index (χ0) is 14.5. The normalized spacial score (nSPS) is 15.3. The van der Waals surface area contributed by atoms with Crippen molar-refractivity contribution in [2.24, 2.45) is 0 Å². The number of aromatic nitrogens is 1. The van der Waals surface area contributed by atoms with Crippen LogP contribution in [0.25, 0.3) is 0 Å². The van der Waals surface area contributed by atoms with E-state index in [-0.39, 0.29) is 5.91 Å². The average molecular weight is 275 g/mol. The molecule has 0 atom stereocenters. The first-order chi connectivity index (χ1) is 9.65. The fraction of sp³-hybridized carbons (Fsp3) is 0.625. The van der Waals surface area contributed by atoms with Crippen LogP contribution in [0.4, 0.5) is 5.82 Å². The zero-order valence-electron chi connectivity index (χ0n) is 12.8. The van der Waals surface area contributed by atoms with Crippen molar-refractivity contribution < 1.29 is 4.79 Å². The van der Waals surface area contributed by atoms with Gasteiger partial charge in [-0.15, -0.1) is 0 Å². The monoisotopic (exact) mass is 275 g/mol. The van der Waals surface area contributed by atoms with E-state index in [1.54, 1.807) is 0 Å². The number of hydrogen-bond donors (Lipinski definition) is 1. The SMILES string of the molecule is CCCc1cc(C(=O)N(C)C2CCCC2)cc(NC)n1. The molecule has 0 aromatic carbocycles. The highest BCUT2D eigenvalue weighted by atomic mass is 16.2. The molecule has 1 aromatic heterocycles. The lowest BCUT2D eigenvalue weighted by molar-refractivity contribution is 0.0735. The summed E-state index contributed by atoms with van der Waals surface area (Å²) in [6.07, 6.45) is 6.68. The Morgan fingerprint density at radius 1 is 1.40 bits per heavy atom. The second-order valence-electron chi connectivity index (χ2n) is 5.59. The molecule has 0 spiro atoms. The van der Waals surface area contributed by atoms with Gasteiger partial charge in [0.25, 0.3) is 5.91 Å². The molecular formula is C16H25N3O. The van der Waals surface area contributed by atoms with Gasteiger partial charge in [0.15, 0.2) is 0 Å². The number of nitrogens with one attached hydrogen (secondary N) is 1. The van der Waals surface area contributed by atoms with Crippen molar-refractivity contribution in [2.75, 3.05) is 19.4 Å². The summed E-state index contributed by atoms with van der Waals surface area (Å²) < 4.78 is 0. The van der Waals surface area contributed by atoms with E-state index in [4.69, 9.17) is 0 Å². The molecule has 1 aromatic rings. The number of amides is 1. The molecule has 1 N–H and O–H groups in total. The smallest absolute Gasteiger partial charge is 0.254 e. The first-order valence-electron chi connectivity index (χ1n) is 7.61. The van der Waals surface area contributed by atoms with Crippen molar-refractivity contribution in [2.45, 2.75) is 51.5 Å². The van der Waals surface area contributed by atoms with E-state index >= 15 is 0 Å². The van der Waals surface area contributed by atoms with Gasteiger partial charge in [0.1, 0.15) is 5.82 Å². The second kappa shape index (κ2) is 6.73. The van der Waals surface area contributed by atoms with Crippen molar-refractivity contribution >= 4 is 11.7 Å². The van der Waals surface area contributed by atoms with Crippen molar-refractivity contribution in [1.29, 1.82) is 0 Å². The van der Waals surface area contributed by atoms with E-state index in [1.165, 1.54) is 12.8 Å². The first-order valence-corrected chi connectivity index (χ1v) is 7.61. The predicted molar refractivity (Wildman–Crippen MR) is 82.1 cm³/mol. The number of carbonyl (C=O) groups excluding carboxylic acids is 1. The summed E-state index contributed by atoms with van der Waals surface area (Å²) in [5.41, 5.74) is 1.74. The molecule has 1 aliphatic rings. The third-order valence-corrected chi connectivity index (χ3v) is 4.08. The highest BCUT2D eigenvalue weighted by Gasteiger charge is 2.24. The quantitative estimate of drug-likeness (QED) is 0.898. The molecule has 0 unspecified atom stereocenters. The minimum atomic E-state index is 0.119. The fourth-order valence-corrected chi connectivity index (χ4v) is 2.88. The van der Waals surface area contributed by atoms with Crippen molar-refractivity contribution in [3.63, 3.8) is 0 Å². The molecule has 0 saturated heterocycles. The number of pyridine rings is 1. The van der Waals surface area contributed by atoms with Gasteiger partial charge in [-0.25, -0.2) is 4.98 Å². The number of aryl methyl sites for hydroxylation is 1. The largest absolute Gasteiger partial charge is 0.373 e. The molecule has 1 fully saturated rings. The molecule has 20 heavy (non-hydrogen) atoms. The van der Waals surface area contributed by atoms with E-state index in [1.807, 2.05) is 31.1 Å². The van der Waals surface area contributed by atoms with Gasteiger partial charge in [-0.3, -0.25) is 4.79 Å². The van der Waals surface area contributed by atoms with E-state index in [9.17, 15) is 4.79 Å². The highest BCUT2D eigenvalue weighted by molar-refractivity contribution is 5.95. The van der Waals surface area contributed by atoms with Gasteiger partial charge in [0.2, 0.25) is 0 Å². The molecule has 0 bridgehead atoms. The Kier molecular flexibility index (Phi) is 4.99. The van der Waals surface area contributed by atoms with Crippen LogP contribution in [0, 0.1) is 0 Å². The third-order valence-electron chi connectivity index (χ3n) is 4.08. The number of nitrogens with zero attached hydrogens (tertiary/aromatic N) is 2. The van der Waals surface area contributed by atoms with Crippen molar-refractivity contribution in [3.05, 3.63) is 23.4 Å². The van der Waals surface area contributed by atoms with Gasteiger partial charge >= 0.3 is 0 Å². The molecule has 0 radical (unpaired) electrons. The van der Waals surface area contributed by atoms with Crippen LogP contribution in [0.3, 0.4) is 0 Å². The van der Waals surface area contributed by atoms with Gasteiger partial charge < -0.3 is 10.2 Å². The summed E-state index contributed by atoms with van der Waals surface area (Å²) in [5.74, 6) is 0.896. The molecule has 4 nitrogen and oxygen atoms in total. The first kappa shape index (κ1) is 14.8. The summed E-state index contributed by atoms with van der Waals surface area (Å²) >= 11 is 0. The Bertz CT molecular complexity index is 467. The van der Waals surface area contributed by atoms with Crippen LogP contribution < -0.4 is 5.32 Å². The highest BCUT2D eigenvalue weighted by Crippen LogP contribution is 2.24. The molecule has 1 aliphatic carbocycles. The standard InChI is InChI=1S/C16H25N3O/c1-4-7-13-10-12(11-15(17-2)18-13)16(20)19(3)14-8-5-6-9-14/h10-11,14H,4-9H2,1-3H3,(H,17,18).